The SMILES string of the molecule is COc1ccc(N)c(OC)c1F.COc1cccc(OC)c1F. The minimum Gasteiger partial charge on any atom is -0.494 e. The first kappa shape index (κ1) is 18.3. The Bertz CT molecular complexity index is 628. The number of rotatable bonds is 4. The molecule has 0 radical (unpaired) electrons. The molecule has 2 aromatic carbocycles. The van der Waals surface area contributed by atoms with Crippen LogP contribution in [0.1, 0.15) is 0 Å². The van der Waals surface area contributed by atoms with Gasteiger partial charge in [0.2, 0.25) is 11.6 Å². The van der Waals surface area contributed by atoms with Crippen molar-refractivity contribution in [2.75, 3.05) is 34.2 Å². The molecule has 2 N–H and O–H groups in total. The summed E-state index contributed by atoms with van der Waals surface area (Å²) in [4.78, 5) is 0. The van der Waals surface area contributed by atoms with E-state index < -0.39 is 11.6 Å². The van der Waals surface area contributed by atoms with Crippen LogP contribution in [-0.4, -0.2) is 28.4 Å². The van der Waals surface area contributed by atoms with Crippen LogP contribution in [0, 0.1) is 11.6 Å². The summed E-state index contributed by atoms with van der Waals surface area (Å²) in [6.45, 7) is 0. The molecule has 0 aromatic heterocycles. The molecule has 0 fully saturated rings. The highest BCUT2D eigenvalue weighted by atomic mass is 19.1. The van der Waals surface area contributed by atoms with Crippen molar-refractivity contribution in [2.45, 2.75) is 0 Å². The highest BCUT2D eigenvalue weighted by molar-refractivity contribution is 5.56. The molecule has 0 aliphatic heterocycles. The Morgan fingerprint density at radius 3 is 1.61 bits per heavy atom. The van der Waals surface area contributed by atoms with Gasteiger partial charge in [0.15, 0.2) is 23.0 Å². The summed E-state index contributed by atoms with van der Waals surface area (Å²) in [5, 5.41) is 0. The van der Waals surface area contributed by atoms with Gasteiger partial charge in [-0.15, -0.1) is 0 Å². The second-order valence-corrected chi connectivity index (χ2v) is 4.18. The standard InChI is InChI=1S/C8H10FNO2.C8H9FO2/c1-11-6-4-3-5(10)8(12-2)7(6)9;1-10-6-4-3-5-7(11-2)8(6)9/h3-4H,10H2,1-2H3;3-5H,1-2H3. The van der Waals surface area contributed by atoms with Crippen LogP contribution < -0.4 is 24.7 Å². The van der Waals surface area contributed by atoms with E-state index in [1.54, 1.807) is 6.07 Å². The second kappa shape index (κ2) is 8.67. The van der Waals surface area contributed by atoms with Gasteiger partial charge in [-0.3, -0.25) is 0 Å². The third kappa shape index (κ3) is 4.38. The van der Waals surface area contributed by atoms with Gasteiger partial charge in [0, 0.05) is 0 Å². The number of ether oxygens (including phenoxy) is 4. The maximum absolute atomic E-state index is 13.2. The van der Waals surface area contributed by atoms with Crippen molar-refractivity contribution in [1.82, 2.24) is 0 Å². The minimum atomic E-state index is -0.569. The Hall–Kier alpha value is -2.70. The first-order valence-electron chi connectivity index (χ1n) is 6.52. The van der Waals surface area contributed by atoms with Gasteiger partial charge < -0.3 is 24.7 Å². The Balaban J connectivity index is 0.000000231. The Kier molecular flexibility index (Phi) is 6.92. The van der Waals surface area contributed by atoms with Crippen molar-refractivity contribution >= 4 is 5.69 Å². The van der Waals surface area contributed by atoms with E-state index in [2.05, 4.69) is 0 Å². The average molecular weight is 327 g/mol. The summed E-state index contributed by atoms with van der Waals surface area (Å²) in [6, 6.07) is 7.73. The Morgan fingerprint density at radius 1 is 0.696 bits per heavy atom. The van der Waals surface area contributed by atoms with E-state index in [9.17, 15) is 8.78 Å². The third-order valence-electron chi connectivity index (χ3n) is 2.88. The van der Waals surface area contributed by atoms with E-state index in [1.165, 1.54) is 52.7 Å². The molecule has 0 saturated carbocycles. The molecule has 0 heterocycles. The van der Waals surface area contributed by atoms with Gasteiger partial charge in [-0.1, -0.05) is 6.07 Å². The predicted molar refractivity (Wildman–Crippen MR) is 83.4 cm³/mol. The second-order valence-electron chi connectivity index (χ2n) is 4.18. The zero-order chi connectivity index (χ0) is 17.4. The number of halogens is 2. The highest BCUT2D eigenvalue weighted by Crippen LogP contribution is 2.31. The number of hydrogen-bond donors (Lipinski definition) is 1. The zero-order valence-corrected chi connectivity index (χ0v) is 13.4. The molecule has 126 valence electrons. The van der Waals surface area contributed by atoms with Crippen LogP contribution in [-0.2, 0) is 0 Å². The summed E-state index contributed by atoms with van der Waals surface area (Å²) in [5.41, 5.74) is 5.69. The lowest BCUT2D eigenvalue weighted by Crippen LogP contribution is -1.97. The van der Waals surface area contributed by atoms with Gasteiger partial charge in [-0.2, -0.15) is 8.78 Å². The number of hydrogen-bond acceptors (Lipinski definition) is 5. The number of benzene rings is 2. The van der Waals surface area contributed by atoms with Crippen molar-refractivity contribution in [3.05, 3.63) is 42.0 Å². The van der Waals surface area contributed by atoms with Crippen LogP contribution >= 0.6 is 0 Å². The van der Waals surface area contributed by atoms with E-state index in [0.29, 0.717) is 0 Å². The summed E-state index contributed by atoms with van der Waals surface area (Å²) in [5.74, 6) is -0.485. The number of nitrogens with two attached hydrogens (primary N) is 1. The molecule has 0 atom stereocenters. The monoisotopic (exact) mass is 327 g/mol. The fourth-order valence-electron chi connectivity index (χ4n) is 1.72. The van der Waals surface area contributed by atoms with Crippen LogP contribution in [0.15, 0.2) is 30.3 Å². The normalized spacial score (nSPS) is 9.48. The number of methoxy groups -OCH3 is 4. The van der Waals surface area contributed by atoms with Gasteiger partial charge in [0.25, 0.3) is 0 Å². The summed E-state index contributed by atoms with van der Waals surface area (Å²) >= 11 is 0. The van der Waals surface area contributed by atoms with Crippen molar-refractivity contribution < 1.29 is 27.7 Å². The number of anilines is 1. The molecule has 7 heteroatoms. The fourth-order valence-corrected chi connectivity index (χ4v) is 1.72. The Labute approximate surface area is 133 Å². The van der Waals surface area contributed by atoms with Gasteiger partial charge in [0.05, 0.1) is 34.1 Å². The van der Waals surface area contributed by atoms with Crippen LogP contribution in [0.25, 0.3) is 0 Å². The first-order chi connectivity index (χ1) is 11.0. The molecule has 0 unspecified atom stereocenters. The maximum atomic E-state index is 13.2. The molecule has 0 spiro atoms. The topological polar surface area (TPSA) is 62.9 Å². The van der Waals surface area contributed by atoms with Gasteiger partial charge >= 0.3 is 0 Å². The number of nitrogen functional groups attached to an aromatic ring is 1. The molecule has 0 saturated heterocycles. The molecule has 0 bridgehead atoms. The van der Waals surface area contributed by atoms with Crippen molar-refractivity contribution in [3.63, 3.8) is 0 Å². The molecule has 2 aromatic rings. The van der Waals surface area contributed by atoms with Crippen molar-refractivity contribution in [2.24, 2.45) is 0 Å². The lowest BCUT2D eigenvalue weighted by Gasteiger charge is -2.08. The van der Waals surface area contributed by atoms with E-state index in [-0.39, 0.29) is 28.7 Å². The maximum Gasteiger partial charge on any atom is 0.208 e. The largest absolute Gasteiger partial charge is 0.494 e. The van der Waals surface area contributed by atoms with Crippen LogP contribution in [0.5, 0.6) is 23.0 Å². The van der Waals surface area contributed by atoms with Crippen LogP contribution in [0.2, 0.25) is 0 Å². The summed E-state index contributed by atoms with van der Waals surface area (Å²) in [7, 11) is 5.57. The molecule has 2 rings (SSSR count). The molecular weight excluding hydrogens is 308 g/mol. The quantitative estimate of drug-likeness (QED) is 0.873. The van der Waals surface area contributed by atoms with Crippen LogP contribution in [0.3, 0.4) is 0 Å². The lowest BCUT2D eigenvalue weighted by atomic mass is 10.2. The summed E-state index contributed by atoms with van der Waals surface area (Å²) in [6.07, 6.45) is 0. The van der Waals surface area contributed by atoms with E-state index in [0.717, 1.165) is 0 Å². The molecule has 23 heavy (non-hydrogen) atoms. The van der Waals surface area contributed by atoms with Gasteiger partial charge in [0.1, 0.15) is 0 Å². The Morgan fingerprint density at radius 2 is 1.17 bits per heavy atom. The lowest BCUT2D eigenvalue weighted by molar-refractivity contribution is 0.350. The van der Waals surface area contributed by atoms with Gasteiger partial charge in [-0.05, 0) is 24.3 Å². The zero-order valence-electron chi connectivity index (χ0n) is 13.4. The highest BCUT2D eigenvalue weighted by Gasteiger charge is 2.12. The summed E-state index contributed by atoms with van der Waals surface area (Å²) < 4.78 is 45.2. The fraction of sp³-hybridized carbons (Fsp3) is 0.250. The smallest absolute Gasteiger partial charge is 0.208 e. The molecular formula is C16H19F2NO4. The van der Waals surface area contributed by atoms with Crippen molar-refractivity contribution in [1.29, 1.82) is 0 Å². The molecule has 0 aliphatic rings. The third-order valence-corrected chi connectivity index (χ3v) is 2.88. The predicted octanol–water partition coefficient (Wildman–Crippen LogP) is 3.27. The minimum absolute atomic E-state index is 0.0225. The van der Waals surface area contributed by atoms with Crippen molar-refractivity contribution in [3.8, 4) is 23.0 Å². The average Bonchev–Trinajstić information content (AvgIpc) is 2.56. The van der Waals surface area contributed by atoms with Crippen LogP contribution in [0.4, 0.5) is 14.5 Å². The van der Waals surface area contributed by atoms with E-state index >= 15 is 0 Å². The molecule has 0 amide bonds. The first-order valence-corrected chi connectivity index (χ1v) is 6.52. The van der Waals surface area contributed by atoms with E-state index in [4.69, 9.17) is 24.7 Å². The molecule has 0 aliphatic carbocycles. The van der Waals surface area contributed by atoms with E-state index in [1.807, 2.05) is 0 Å². The van der Waals surface area contributed by atoms with Gasteiger partial charge in [-0.25, -0.2) is 0 Å². The molecule has 5 nitrogen and oxygen atoms in total.